The van der Waals surface area contributed by atoms with Crippen LogP contribution in [0.15, 0.2) is 65.6 Å². The fourth-order valence-electron chi connectivity index (χ4n) is 3.57. The van der Waals surface area contributed by atoms with Crippen molar-refractivity contribution < 1.29 is 18.7 Å². The van der Waals surface area contributed by atoms with E-state index in [1.165, 1.54) is 28.8 Å². The van der Waals surface area contributed by atoms with Crippen LogP contribution in [0.3, 0.4) is 0 Å². The third-order valence-corrected chi connectivity index (χ3v) is 6.87. The van der Waals surface area contributed by atoms with E-state index in [1.807, 2.05) is 24.3 Å². The van der Waals surface area contributed by atoms with Gasteiger partial charge in [0.05, 0.1) is 30.9 Å². The van der Waals surface area contributed by atoms with E-state index in [9.17, 15) is 14.0 Å². The second-order valence-corrected chi connectivity index (χ2v) is 9.30. The molecule has 1 atom stereocenters. The topological polar surface area (TPSA) is 84.7 Å². The van der Waals surface area contributed by atoms with Crippen molar-refractivity contribution in [1.29, 1.82) is 0 Å². The molecule has 34 heavy (non-hydrogen) atoms. The van der Waals surface area contributed by atoms with Gasteiger partial charge in [0.2, 0.25) is 5.91 Å². The highest BCUT2D eigenvalue weighted by Crippen LogP contribution is 2.37. The third kappa shape index (κ3) is 5.35. The molecule has 0 aliphatic carbocycles. The lowest BCUT2D eigenvalue weighted by atomic mass is 10.1. The van der Waals surface area contributed by atoms with Crippen LogP contribution >= 0.6 is 23.4 Å². The molecule has 3 aromatic carbocycles. The van der Waals surface area contributed by atoms with Gasteiger partial charge in [-0.25, -0.2) is 4.39 Å². The molecule has 0 unspecified atom stereocenters. The van der Waals surface area contributed by atoms with E-state index in [-0.39, 0.29) is 24.6 Å². The Bertz CT molecular complexity index is 1210. The van der Waals surface area contributed by atoms with Crippen molar-refractivity contribution in [3.8, 4) is 5.75 Å². The van der Waals surface area contributed by atoms with Crippen molar-refractivity contribution >= 4 is 40.9 Å². The first kappa shape index (κ1) is 24.1. The van der Waals surface area contributed by atoms with Crippen molar-refractivity contribution in [2.45, 2.75) is 24.0 Å². The van der Waals surface area contributed by atoms with E-state index in [2.05, 4.69) is 5.32 Å². The van der Waals surface area contributed by atoms with E-state index in [0.29, 0.717) is 27.1 Å². The monoisotopic (exact) mass is 499 g/mol. The molecule has 0 spiro atoms. The van der Waals surface area contributed by atoms with Gasteiger partial charge in [-0.15, -0.1) is 11.8 Å². The molecule has 2 amide bonds. The third-order valence-electron chi connectivity index (χ3n) is 5.45. The first-order valence-electron chi connectivity index (χ1n) is 10.5. The van der Waals surface area contributed by atoms with Crippen LogP contribution in [0.2, 0.25) is 5.02 Å². The summed E-state index contributed by atoms with van der Waals surface area (Å²) in [6.07, 6.45) is 0. The van der Waals surface area contributed by atoms with E-state index in [4.69, 9.17) is 22.1 Å². The maximum Gasteiger partial charge on any atom is 0.254 e. The number of fused-ring (bicyclic) bond motifs is 1. The number of nitrogens with zero attached hydrogens (tertiary/aromatic N) is 1. The lowest BCUT2D eigenvalue weighted by Gasteiger charge is -2.25. The van der Waals surface area contributed by atoms with Crippen LogP contribution in [0.1, 0.15) is 21.5 Å². The number of carbonyl (C=O) groups excluding carboxylic acids is 2. The second-order valence-electron chi connectivity index (χ2n) is 7.80. The fraction of sp³-hybridized carbons (Fsp3) is 0.200. The summed E-state index contributed by atoms with van der Waals surface area (Å²) in [5.74, 6) is -0.516. The highest BCUT2D eigenvalue weighted by molar-refractivity contribution is 7.99. The zero-order valence-corrected chi connectivity index (χ0v) is 20.0. The highest BCUT2D eigenvalue weighted by atomic mass is 35.5. The van der Waals surface area contributed by atoms with Crippen LogP contribution in [0.4, 0.5) is 10.1 Å². The van der Waals surface area contributed by atoms with Gasteiger partial charge in [0.25, 0.3) is 5.91 Å². The molecule has 3 aromatic rings. The maximum atomic E-state index is 14.9. The maximum absolute atomic E-state index is 14.9. The van der Waals surface area contributed by atoms with Gasteiger partial charge in [-0.2, -0.15) is 0 Å². The lowest BCUT2D eigenvalue weighted by molar-refractivity contribution is -0.119. The number of rotatable bonds is 6. The molecule has 0 aromatic heterocycles. The number of carbonyl (C=O) groups is 2. The van der Waals surface area contributed by atoms with Gasteiger partial charge in [-0.05, 0) is 47.5 Å². The number of halogens is 2. The van der Waals surface area contributed by atoms with Crippen LogP contribution in [-0.4, -0.2) is 30.7 Å². The molecule has 0 fully saturated rings. The van der Waals surface area contributed by atoms with Gasteiger partial charge in [0, 0.05) is 22.2 Å². The number of hydrogen-bond donors (Lipinski definition) is 2. The highest BCUT2D eigenvalue weighted by Gasteiger charge is 2.30. The van der Waals surface area contributed by atoms with Gasteiger partial charge in [0.15, 0.2) is 0 Å². The first-order chi connectivity index (χ1) is 16.4. The minimum atomic E-state index is -0.750. The summed E-state index contributed by atoms with van der Waals surface area (Å²) in [4.78, 5) is 28.0. The molecule has 3 N–H and O–H groups in total. The summed E-state index contributed by atoms with van der Waals surface area (Å²) in [7, 11) is 1.57. The zero-order valence-electron chi connectivity index (χ0n) is 18.4. The Balaban J connectivity index is 1.61. The summed E-state index contributed by atoms with van der Waals surface area (Å²) in [5, 5.41) is 3.32. The Labute approximate surface area is 206 Å². The van der Waals surface area contributed by atoms with E-state index in [0.717, 1.165) is 11.1 Å². The Morgan fingerprint density at radius 1 is 1.18 bits per heavy atom. The molecular weight excluding hydrogens is 477 g/mol. The summed E-state index contributed by atoms with van der Waals surface area (Å²) >= 11 is 7.27. The smallest absolute Gasteiger partial charge is 0.254 e. The number of hydrogen-bond acceptors (Lipinski definition) is 5. The molecule has 6 nitrogen and oxygen atoms in total. The standard InChI is InChI=1S/C25H23ClFN3O3S/c1-33-18-8-4-15(5-9-18)12-29-24(31)19-10-22-23(11-20(19)27)34-14-21(28)25(32)30(22)13-16-2-6-17(26)7-3-16/h2-11,21H,12-14,28H2,1H3,(H,29,31)/t21-/m0/s1. The van der Waals surface area contributed by atoms with E-state index < -0.39 is 17.8 Å². The first-order valence-corrected chi connectivity index (χ1v) is 11.9. The molecule has 1 aliphatic heterocycles. The number of benzene rings is 3. The number of nitrogens with two attached hydrogens (primary N) is 1. The Morgan fingerprint density at radius 2 is 1.85 bits per heavy atom. The summed E-state index contributed by atoms with van der Waals surface area (Å²) < 4.78 is 20.1. The Kier molecular flexibility index (Phi) is 7.41. The lowest BCUT2D eigenvalue weighted by Crippen LogP contribution is -2.44. The van der Waals surface area contributed by atoms with Crippen molar-refractivity contribution in [3.05, 3.63) is 88.2 Å². The predicted molar refractivity (Wildman–Crippen MR) is 132 cm³/mol. The number of anilines is 1. The number of nitrogens with one attached hydrogen (secondary N) is 1. The van der Waals surface area contributed by atoms with Crippen LogP contribution in [0.25, 0.3) is 0 Å². The van der Waals surface area contributed by atoms with Crippen molar-refractivity contribution in [2.24, 2.45) is 5.73 Å². The number of methoxy groups -OCH3 is 1. The summed E-state index contributed by atoms with van der Waals surface area (Å²) in [6, 6.07) is 16.3. The average Bonchev–Trinajstić information content (AvgIpc) is 2.95. The van der Waals surface area contributed by atoms with Crippen LogP contribution in [0.5, 0.6) is 5.75 Å². The average molecular weight is 500 g/mol. The second kappa shape index (κ2) is 10.5. The van der Waals surface area contributed by atoms with Crippen molar-refractivity contribution in [3.63, 3.8) is 0 Å². The Hall–Kier alpha value is -3.07. The molecule has 4 rings (SSSR count). The normalized spacial score (nSPS) is 15.5. The quantitative estimate of drug-likeness (QED) is 0.525. The van der Waals surface area contributed by atoms with Crippen LogP contribution in [-0.2, 0) is 17.9 Å². The molecule has 0 saturated heterocycles. The largest absolute Gasteiger partial charge is 0.497 e. The number of ether oxygens (including phenoxy) is 1. The van der Waals surface area contributed by atoms with Gasteiger partial charge >= 0.3 is 0 Å². The molecule has 176 valence electrons. The molecule has 1 aliphatic rings. The molecule has 0 saturated carbocycles. The van der Waals surface area contributed by atoms with E-state index >= 15 is 0 Å². The van der Waals surface area contributed by atoms with Crippen molar-refractivity contribution in [1.82, 2.24) is 5.32 Å². The predicted octanol–water partition coefficient (Wildman–Crippen LogP) is 4.38. The molecular formula is C25H23ClFN3O3S. The number of thioether (sulfide) groups is 1. The molecule has 1 heterocycles. The van der Waals surface area contributed by atoms with Crippen LogP contribution in [0, 0.1) is 5.82 Å². The SMILES string of the molecule is COc1ccc(CNC(=O)c2cc3c(cc2F)SC[C@H](N)C(=O)N3Cc2ccc(Cl)cc2)cc1. The fourth-order valence-corrected chi connectivity index (χ4v) is 4.70. The van der Waals surface area contributed by atoms with Gasteiger partial charge in [-0.3, -0.25) is 9.59 Å². The number of amides is 2. The van der Waals surface area contributed by atoms with E-state index in [1.54, 1.807) is 31.4 Å². The van der Waals surface area contributed by atoms with Crippen LogP contribution < -0.4 is 20.7 Å². The molecule has 0 radical (unpaired) electrons. The summed E-state index contributed by atoms with van der Waals surface area (Å²) in [6.45, 7) is 0.433. The Morgan fingerprint density at radius 3 is 2.53 bits per heavy atom. The molecule has 0 bridgehead atoms. The minimum Gasteiger partial charge on any atom is -0.497 e. The van der Waals surface area contributed by atoms with Gasteiger partial charge < -0.3 is 20.7 Å². The zero-order chi connectivity index (χ0) is 24.2. The van der Waals surface area contributed by atoms with Gasteiger partial charge in [0.1, 0.15) is 11.6 Å². The molecule has 9 heteroatoms. The van der Waals surface area contributed by atoms with Crippen molar-refractivity contribution in [2.75, 3.05) is 17.8 Å². The van der Waals surface area contributed by atoms with Gasteiger partial charge in [-0.1, -0.05) is 35.9 Å². The minimum absolute atomic E-state index is 0.141. The summed E-state index contributed by atoms with van der Waals surface area (Å²) in [5.41, 5.74) is 8.06.